The van der Waals surface area contributed by atoms with E-state index in [1.807, 2.05) is 24.4 Å². The molecule has 0 bridgehead atoms. The van der Waals surface area contributed by atoms with Crippen molar-refractivity contribution in [2.45, 2.75) is 6.54 Å². The molecule has 1 amide bonds. The van der Waals surface area contributed by atoms with E-state index < -0.39 is 5.91 Å². The van der Waals surface area contributed by atoms with Crippen molar-refractivity contribution in [3.8, 4) is 0 Å². The predicted molar refractivity (Wildman–Crippen MR) is 135 cm³/mol. The van der Waals surface area contributed by atoms with Gasteiger partial charge in [0.05, 0.1) is 12.1 Å². The number of rotatable bonds is 6. The molecule has 1 heterocycles. The zero-order valence-electron chi connectivity index (χ0n) is 18.1. The molecule has 34 heavy (non-hydrogen) atoms. The number of hydrogen-bond donors (Lipinski definition) is 1. The summed E-state index contributed by atoms with van der Waals surface area (Å²) in [6.45, 7) is 0.572. The Bertz CT molecular complexity index is 1500. The molecule has 0 atom stereocenters. The van der Waals surface area contributed by atoms with E-state index in [4.69, 9.17) is 11.6 Å². The molecular weight excluding hydrogens is 446 g/mol. The lowest BCUT2D eigenvalue weighted by Crippen LogP contribution is -2.17. The molecule has 0 radical (unpaired) electrons. The molecule has 0 saturated carbocycles. The molecule has 0 spiro atoms. The van der Waals surface area contributed by atoms with Crippen molar-refractivity contribution in [3.05, 3.63) is 131 Å². The zero-order valence-corrected chi connectivity index (χ0v) is 18.9. The number of anilines is 1. The summed E-state index contributed by atoms with van der Waals surface area (Å²) in [4.78, 5) is 26.0. The number of carbonyl (C=O) groups is 2. The molecule has 0 fully saturated rings. The van der Waals surface area contributed by atoms with Crippen LogP contribution in [0.5, 0.6) is 0 Å². The lowest BCUT2D eigenvalue weighted by atomic mass is 9.98. The summed E-state index contributed by atoms with van der Waals surface area (Å²) in [6.07, 6.45) is 1.82. The van der Waals surface area contributed by atoms with Crippen molar-refractivity contribution < 1.29 is 9.59 Å². The van der Waals surface area contributed by atoms with Crippen LogP contribution in [-0.4, -0.2) is 21.5 Å². The number of aromatic nitrogens is 2. The Morgan fingerprint density at radius 3 is 2.32 bits per heavy atom. The molecule has 1 N–H and O–H groups in total. The maximum atomic E-state index is 13.0. The van der Waals surface area contributed by atoms with E-state index in [-0.39, 0.29) is 11.3 Å². The quantitative estimate of drug-likeness (QED) is 0.303. The average Bonchev–Trinajstić information content (AvgIpc) is 3.31. The van der Waals surface area contributed by atoms with Gasteiger partial charge in [0.25, 0.3) is 5.91 Å². The molecule has 0 saturated heterocycles. The van der Waals surface area contributed by atoms with Crippen LogP contribution >= 0.6 is 11.6 Å². The van der Waals surface area contributed by atoms with Crippen molar-refractivity contribution in [2.75, 3.05) is 5.32 Å². The van der Waals surface area contributed by atoms with Gasteiger partial charge in [-0.15, -0.1) is 0 Å². The molecule has 166 valence electrons. The fourth-order valence-corrected chi connectivity index (χ4v) is 4.07. The number of nitrogens with zero attached hydrogens (tertiary/aromatic N) is 2. The van der Waals surface area contributed by atoms with Crippen LogP contribution in [0.25, 0.3) is 10.8 Å². The number of nitrogens with one attached hydrogen (secondary N) is 1. The second-order valence-electron chi connectivity index (χ2n) is 7.87. The van der Waals surface area contributed by atoms with Gasteiger partial charge >= 0.3 is 0 Å². The maximum absolute atomic E-state index is 13.0. The molecule has 5 rings (SSSR count). The van der Waals surface area contributed by atoms with Crippen LogP contribution in [0.1, 0.15) is 31.8 Å². The van der Waals surface area contributed by atoms with E-state index in [1.54, 1.807) is 59.3 Å². The Morgan fingerprint density at radius 1 is 0.794 bits per heavy atom. The number of carbonyl (C=O) groups excluding carboxylic acids is 2. The Balaban J connectivity index is 1.35. The van der Waals surface area contributed by atoms with Crippen molar-refractivity contribution >= 4 is 39.9 Å². The van der Waals surface area contributed by atoms with Gasteiger partial charge in [0.1, 0.15) is 0 Å². The molecule has 1 aromatic heterocycles. The SMILES string of the molecule is O=C(Nc1ccn(Cc2cccc3ccccc23)n1)c1ccccc1C(=O)c1ccc(Cl)cc1. The summed E-state index contributed by atoms with van der Waals surface area (Å²) in [5.41, 5.74) is 2.20. The van der Waals surface area contributed by atoms with Crippen molar-refractivity contribution in [3.63, 3.8) is 0 Å². The number of hydrogen-bond acceptors (Lipinski definition) is 3. The van der Waals surface area contributed by atoms with E-state index in [0.29, 0.717) is 28.5 Å². The van der Waals surface area contributed by atoms with Crippen LogP contribution in [0.2, 0.25) is 5.02 Å². The standard InChI is InChI=1S/C28H20ClN3O2/c29-22-14-12-20(13-15-22)27(33)24-10-3-4-11-25(24)28(34)30-26-16-17-32(31-26)18-21-8-5-7-19-6-1-2-9-23(19)21/h1-17H,18H2,(H,30,31,34). The lowest BCUT2D eigenvalue weighted by molar-refractivity contribution is 0.0996. The Kier molecular flexibility index (Phi) is 5.93. The van der Waals surface area contributed by atoms with E-state index in [0.717, 1.165) is 5.56 Å². The number of ketones is 1. The first-order chi connectivity index (χ1) is 16.6. The minimum Gasteiger partial charge on any atom is -0.305 e. The molecule has 0 aliphatic heterocycles. The largest absolute Gasteiger partial charge is 0.305 e. The Hall–Kier alpha value is -4.22. The first-order valence-electron chi connectivity index (χ1n) is 10.8. The minimum absolute atomic E-state index is 0.246. The van der Waals surface area contributed by atoms with Gasteiger partial charge in [-0.05, 0) is 46.7 Å². The smallest absolute Gasteiger partial charge is 0.257 e. The monoisotopic (exact) mass is 465 g/mol. The second kappa shape index (κ2) is 9.33. The lowest BCUT2D eigenvalue weighted by Gasteiger charge is -2.09. The summed E-state index contributed by atoms with van der Waals surface area (Å²) < 4.78 is 1.78. The predicted octanol–water partition coefficient (Wildman–Crippen LogP) is 6.22. The van der Waals surface area contributed by atoms with Crippen LogP contribution in [0, 0.1) is 0 Å². The first-order valence-corrected chi connectivity index (χ1v) is 11.2. The second-order valence-corrected chi connectivity index (χ2v) is 8.31. The third-order valence-electron chi connectivity index (χ3n) is 5.62. The van der Waals surface area contributed by atoms with Gasteiger partial charge in [0.15, 0.2) is 11.6 Å². The van der Waals surface area contributed by atoms with Crippen molar-refractivity contribution in [1.82, 2.24) is 9.78 Å². The molecule has 4 aromatic carbocycles. The summed E-state index contributed by atoms with van der Waals surface area (Å²) >= 11 is 5.93. The number of amides is 1. The zero-order chi connectivity index (χ0) is 23.5. The van der Waals surface area contributed by atoms with E-state index in [2.05, 4.69) is 34.7 Å². The third-order valence-corrected chi connectivity index (χ3v) is 5.87. The maximum Gasteiger partial charge on any atom is 0.257 e. The van der Waals surface area contributed by atoms with Crippen molar-refractivity contribution in [2.24, 2.45) is 0 Å². The Morgan fingerprint density at radius 2 is 1.50 bits per heavy atom. The fraction of sp³-hybridized carbons (Fsp3) is 0.0357. The minimum atomic E-state index is -0.395. The highest BCUT2D eigenvalue weighted by Gasteiger charge is 2.19. The van der Waals surface area contributed by atoms with Gasteiger partial charge in [0.2, 0.25) is 0 Å². The molecule has 5 nitrogen and oxygen atoms in total. The van der Waals surface area contributed by atoms with Crippen LogP contribution in [-0.2, 0) is 6.54 Å². The summed E-state index contributed by atoms with van der Waals surface area (Å²) in [5.74, 6) is -0.226. The fourth-order valence-electron chi connectivity index (χ4n) is 3.94. The van der Waals surface area contributed by atoms with Gasteiger partial charge in [-0.1, -0.05) is 72.3 Å². The Labute approximate surface area is 201 Å². The normalized spacial score (nSPS) is 10.9. The molecule has 6 heteroatoms. The molecule has 0 aliphatic rings. The highest BCUT2D eigenvalue weighted by Crippen LogP contribution is 2.21. The summed E-state index contributed by atoms with van der Waals surface area (Å²) in [7, 11) is 0. The van der Waals surface area contributed by atoms with Gasteiger partial charge in [-0.3, -0.25) is 14.3 Å². The topological polar surface area (TPSA) is 64.0 Å². The molecule has 0 aliphatic carbocycles. The highest BCUT2D eigenvalue weighted by atomic mass is 35.5. The number of halogens is 1. The molecule has 5 aromatic rings. The van der Waals surface area contributed by atoms with E-state index in [9.17, 15) is 9.59 Å². The summed E-state index contributed by atoms with van der Waals surface area (Å²) in [6, 6.07) is 29.5. The van der Waals surface area contributed by atoms with Gasteiger partial charge in [-0.25, -0.2) is 0 Å². The highest BCUT2D eigenvalue weighted by molar-refractivity contribution is 6.30. The summed E-state index contributed by atoms with van der Waals surface area (Å²) in [5, 5.41) is 10.2. The van der Waals surface area contributed by atoms with Gasteiger partial charge in [0, 0.05) is 28.4 Å². The number of benzene rings is 4. The van der Waals surface area contributed by atoms with Gasteiger partial charge < -0.3 is 5.32 Å². The van der Waals surface area contributed by atoms with E-state index in [1.165, 1.54) is 10.8 Å². The van der Waals surface area contributed by atoms with Crippen molar-refractivity contribution in [1.29, 1.82) is 0 Å². The molecule has 0 unspecified atom stereocenters. The first kappa shape index (κ1) is 21.6. The van der Waals surface area contributed by atoms with Crippen LogP contribution in [0.4, 0.5) is 5.82 Å². The van der Waals surface area contributed by atoms with Crippen LogP contribution in [0.3, 0.4) is 0 Å². The van der Waals surface area contributed by atoms with Gasteiger partial charge in [-0.2, -0.15) is 5.10 Å². The van der Waals surface area contributed by atoms with Crippen LogP contribution in [0.15, 0.2) is 103 Å². The molecular formula is C28H20ClN3O2. The number of fused-ring (bicyclic) bond motifs is 1. The van der Waals surface area contributed by atoms with Crippen LogP contribution < -0.4 is 5.32 Å². The average molecular weight is 466 g/mol. The third kappa shape index (κ3) is 4.47. The van der Waals surface area contributed by atoms with E-state index >= 15 is 0 Å².